The summed E-state index contributed by atoms with van der Waals surface area (Å²) in [5, 5.41) is 0. The predicted octanol–water partition coefficient (Wildman–Crippen LogP) is 2.64. The first-order chi connectivity index (χ1) is 6.38. The second-order valence-electron chi connectivity index (χ2n) is 4.13. The van der Waals surface area contributed by atoms with Crippen LogP contribution in [-0.4, -0.2) is 6.54 Å². The summed E-state index contributed by atoms with van der Waals surface area (Å²) in [6.07, 6.45) is 3.92. The minimum atomic E-state index is 0. The molecule has 0 bridgehead atoms. The van der Waals surface area contributed by atoms with E-state index < -0.39 is 0 Å². The average molecular weight is 212 g/mol. The van der Waals surface area contributed by atoms with Gasteiger partial charge in [-0.15, -0.1) is 12.4 Å². The summed E-state index contributed by atoms with van der Waals surface area (Å²) in [4.78, 5) is 0. The molecule has 78 valence electrons. The van der Waals surface area contributed by atoms with Gasteiger partial charge in [-0.1, -0.05) is 30.3 Å². The molecular formula is C12H18ClN. The van der Waals surface area contributed by atoms with E-state index in [1.807, 2.05) is 0 Å². The van der Waals surface area contributed by atoms with E-state index in [9.17, 15) is 0 Å². The fraction of sp³-hybridized carbons (Fsp3) is 0.500. The zero-order valence-electron chi connectivity index (χ0n) is 8.36. The van der Waals surface area contributed by atoms with Gasteiger partial charge in [-0.25, -0.2) is 0 Å². The van der Waals surface area contributed by atoms with Crippen LogP contribution in [0.3, 0.4) is 0 Å². The highest BCUT2D eigenvalue weighted by molar-refractivity contribution is 5.85. The van der Waals surface area contributed by atoms with Crippen molar-refractivity contribution in [3.8, 4) is 0 Å². The predicted molar refractivity (Wildman–Crippen MR) is 62.7 cm³/mol. The van der Waals surface area contributed by atoms with Crippen LogP contribution in [0, 0.1) is 11.8 Å². The molecule has 0 amide bonds. The summed E-state index contributed by atoms with van der Waals surface area (Å²) in [5.74, 6) is 1.71. The Balaban J connectivity index is 0.000000980. The first kappa shape index (κ1) is 11.5. The number of hydrogen-bond donors (Lipinski definition) is 1. The highest BCUT2D eigenvalue weighted by atomic mass is 35.5. The zero-order valence-corrected chi connectivity index (χ0v) is 9.17. The van der Waals surface area contributed by atoms with Gasteiger partial charge >= 0.3 is 0 Å². The Morgan fingerprint density at radius 1 is 1.07 bits per heavy atom. The van der Waals surface area contributed by atoms with Gasteiger partial charge in [0, 0.05) is 0 Å². The summed E-state index contributed by atoms with van der Waals surface area (Å²) in [5.41, 5.74) is 7.06. The molecule has 1 aromatic rings. The third kappa shape index (κ3) is 2.73. The van der Waals surface area contributed by atoms with Crippen molar-refractivity contribution >= 4 is 12.4 Å². The molecule has 0 radical (unpaired) electrons. The highest BCUT2D eigenvalue weighted by Crippen LogP contribution is 2.35. The van der Waals surface area contributed by atoms with E-state index in [4.69, 9.17) is 5.73 Å². The molecule has 1 saturated carbocycles. The van der Waals surface area contributed by atoms with E-state index in [2.05, 4.69) is 30.3 Å². The lowest BCUT2D eigenvalue weighted by Crippen LogP contribution is -2.31. The van der Waals surface area contributed by atoms with Crippen molar-refractivity contribution in [2.75, 3.05) is 6.54 Å². The van der Waals surface area contributed by atoms with Crippen LogP contribution in [0.15, 0.2) is 30.3 Å². The number of hydrogen-bond acceptors (Lipinski definition) is 1. The van der Waals surface area contributed by atoms with Crippen molar-refractivity contribution in [3.05, 3.63) is 35.9 Å². The molecule has 1 nitrogen and oxygen atoms in total. The molecule has 1 aromatic carbocycles. The van der Waals surface area contributed by atoms with Crippen LogP contribution in [0.2, 0.25) is 0 Å². The van der Waals surface area contributed by atoms with Crippen molar-refractivity contribution in [2.24, 2.45) is 17.6 Å². The summed E-state index contributed by atoms with van der Waals surface area (Å²) < 4.78 is 0. The van der Waals surface area contributed by atoms with Crippen molar-refractivity contribution in [2.45, 2.75) is 19.3 Å². The molecule has 0 aliphatic heterocycles. The molecule has 0 saturated heterocycles. The van der Waals surface area contributed by atoms with Crippen molar-refractivity contribution < 1.29 is 0 Å². The topological polar surface area (TPSA) is 26.0 Å². The lowest BCUT2D eigenvalue weighted by Gasteiger charge is -2.34. The fourth-order valence-corrected chi connectivity index (χ4v) is 2.18. The smallest absolute Gasteiger partial charge is 0.00487 e. The van der Waals surface area contributed by atoms with Crippen LogP contribution in [0.4, 0.5) is 0 Å². The van der Waals surface area contributed by atoms with Gasteiger partial charge < -0.3 is 5.73 Å². The van der Waals surface area contributed by atoms with Crippen LogP contribution in [-0.2, 0) is 6.42 Å². The fourth-order valence-electron chi connectivity index (χ4n) is 2.18. The number of halogens is 1. The summed E-state index contributed by atoms with van der Waals surface area (Å²) in [7, 11) is 0. The molecule has 1 aliphatic rings. The molecule has 0 heterocycles. The van der Waals surface area contributed by atoms with Crippen LogP contribution in [0.5, 0.6) is 0 Å². The van der Waals surface area contributed by atoms with Gasteiger partial charge in [0.25, 0.3) is 0 Å². The number of rotatable bonds is 3. The van der Waals surface area contributed by atoms with Gasteiger partial charge in [-0.2, -0.15) is 0 Å². The van der Waals surface area contributed by atoms with Crippen LogP contribution < -0.4 is 5.73 Å². The van der Waals surface area contributed by atoms with Gasteiger partial charge in [0.15, 0.2) is 0 Å². The quantitative estimate of drug-likeness (QED) is 0.818. The SMILES string of the molecule is Cl.NCC1CC(Cc2ccccc2)C1. The second-order valence-corrected chi connectivity index (χ2v) is 4.13. The van der Waals surface area contributed by atoms with Gasteiger partial charge in [-0.05, 0) is 43.2 Å². The van der Waals surface area contributed by atoms with Crippen molar-refractivity contribution in [1.29, 1.82) is 0 Å². The van der Waals surface area contributed by atoms with Crippen LogP contribution in [0.25, 0.3) is 0 Å². The Morgan fingerprint density at radius 2 is 1.71 bits per heavy atom. The van der Waals surface area contributed by atoms with Crippen molar-refractivity contribution in [3.63, 3.8) is 0 Å². The molecule has 14 heavy (non-hydrogen) atoms. The first-order valence-corrected chi connectivity index (χ1v) is 5.12. The molecule has 1 fully saturated rings. The molecule has 2 N–H and O–H groups in total. The van der Waals surface area contributed by atoms with Crippen molar-refractivity contribution in [1.82, 2.24) is 0 Å². The molecular weight excluding hydrogens is 194 g/mol. The Hall–Kier alpha value is -0.530. The average Bonchev–Trinajstić information content (AvgIpc) is 2.12. The summed E-state index contributed by atoms with van der Waals surface area (Å²) >= 11 is 0. The largest absolute Gasteiger partial charge is 0.330 e. The maximum absolute atomic E-state index is 5.59. The van der Waals surface area contributed by atoms with Gasteiger partial charge in [0.2, 0.25) is 0 Å². The molecule has 0 aromatic heterocycles. The molecule has 0 unspecified atom stereocenters. The van der Waals surface area contributed by atoms with E-state index >= 15 is 0 Å². The maximum Gasteiger partial charge on any atom is -0.00487 e. The Labute approximate surface area is 92.1 Å². The first-order valence-electron chi connectivity index (χ1n) is 5.12. The van der Waals surface area contributed by atoms with E-state index in [-0.39, 0.29) is 12.4 Å². The Kier molecular flexibility index (Phi) is 4.43. The van der Waals surface area contributed by atoms with Gasteiger partial charge in [0.05, 0.1) is 0 Å². The van der Waals surface area contributed by atoms with E-state index in [1.54, 1.807) is 0 Å². The Bertz CT molecular complexity index is 254. The van der Waals surface area contributed by atoms with Gasteiger partial charge in [-0.3, -0.25) is 0 Å². The number of benzene rings is 1. The minimum Gasteiger partial charge on any atom is -0.330 e. The normalized spacial score (nSPS) is 24.9. The standard InChI is InChI=1S/C12H17N.ClH/c13-9-12-7-11(8-12)6-10-4-2-1-3-5-10;/h1-5,11-12H,6-9,13H2;1H. The minimum absolute atomic E-state index is 0. The van der Waals surface area contributed by atoms with Crippen LogP contribution in [0.1, 0.15) is 18.4 Å². The van der Waals surface area contributed by atoms with Gasteiger partial charge in [0.1, 0.15) is 0 Å². The lowest BCUT2D eigenvalue weighted by atomic mass is 9.72. The summed E-state index contributed by atoms with van der Waals surface area (Å²) in [6.45, 7) is 0.880. The highest BCUT2D eigenvalue weighted by Gasteiger charge is 2.27. The molecule has 0 atom stereocenters. The summed E-state index contributed by atoms with van der Waals surface area (Å²) in [6, 6.07) is 10.8. The molecule has 2 rings (SSSR count). The molecule has 1 aliphatic carbocycles. The molecule has 2 heteroatoms. The van der Waals surface area contributed by atoms with E-state index in [0.717, 1.165) is 18.4 Å². The third-order valence-electron chi connectivity index (χ3n) is 3.03. The van der Waals surface area contributed by atoms with Crippen LogP contribution >= 0.6 is 12.4 Å². The molecule has 0 spiro atoms. The zero-order chi connectivity index (χ0) is 9.10. The number of nitrogens with two attached hydrogens (primary N) is 1. The Morgan fingerprint density at radius 3 is 2.29 bits per heavy atom. The third-order valence-corrected chi connectivity index (χ3v) is 3.03. The van der Waals surface area contributed by atoms with E-state index in [0.29, 0.717) is 0 Å². The monoisotopic (exact) mass is 211 g/mol. The maximum atomic E-state index is 5.59. The second kappa shape index (κ2) is 5.38. The van der Waals surface area contributed by atoms with E-state index in [1.165, 1.54) is 24.8 Å². The lowest BCUT2D eigenvalue weighted by molar-refractivity contribution is 0.199.